The maximum absolute atomic E-state index is 11.9. The van der Waals surface area contributed by atoms with Crippen LogP contribution in [0.15, 0.2) is 24.3 Å². The van der Waals surface area contributed by atoms with E-state index in [2.05, 4.69) is 8.28 Å². The third-order valence-corrected chi connectivity index (χ3v) is 4.03. The molecule has 2 radical (unpaired) electrons. The van der Waals surface area contributed by atoms with E-state index in [4.69, 9.17) is 0 Å². The van der Waals surface area contributed by atoms with E-state index in [-0.39, 0.29) is 16.7 Å². The van der Waals surface area contributed by atoms with Crippen LogP contribution in [0.3, 0.4) is 0 Å². The molecule has 0 heterocycles. The molecule has 16 heavy (non-hydrogen) atoms. The van der Waals surface area contributed by atoms with Gasteiger partial charge in [-0.25, -0.2) is 0 Å². The minimum atomic E-state index is -4.61. The average Bonchev–Trinajstić information content (AvgIpc) is 2.06. The smallest absolute Gasteiger partial charge is 0.412 e. The van der Waals surface area contributed by atoms with Crippen molar-refractivity contribution >= 4 is 25.0 Å². The maximum Gasteiger partial charge on any atom is -0.412 e. The van der Waals surface area contributed by atoms with E-state index in [1.165, 1.54) is 12.1 Å². The van der Waals surface area contributed by atoms with Crippen molar-refractivity contribution in [2.24, 2.45) is 0 Å². The summed E-state index contributed by atoms with van der Waals surface area (Å²) >= 11 is -1.15. The van der Waals surface area contributed by atoms with Crippen LogP contribution in [0, 0.1) is 0 Å². The van der Waals surface area contributed by atoms with Crippen LogP contribution in [0.1, 0.15) is 0 Å². The number of ether oxygens (including phenoxy) is 1. The van der Waals surface area contributed by atoms with Gasteiger partial charge >= 0.3 is 89.9 Å². The van der Waals surface area contributed by atoms with Crippen LogP contribution >= 0.6 is 0 Å². The van der Waals surface area contributed by atoms with E-state index in [0.29, 0.717) is 3.58 Å². The second kappa shape index (κ2) is 7.71. The summed E-state index contributed by atoms with van der Waals surface area (Å²) in [4.78, 5) is 0. The van der Waals surface area contributed by atoms with Crippen LogP contribution in [0.5, 0.6) is 5.75 Å². The Labute approximate surface area is 101 Å². The third-order valence-electron chi connectivity index (χ3n) is 1.37. The molecule has 0 aliphatic rings. The van der Waals surface area contributed by atoms with Gasteiger partial charge < -0.3 is 11.0 Å². The van der Waals surface area contributed by atoms with Gasteiger partial charge in [0.1, 0.15) is 0 Å². The Bertz CT molecular complexity index is 309. The number of rotatable bonds is 3. The predicted molar refractivity (Wildman–Crippen MR) is 54.8 cm³/mol. The van der Waals surface area contributed by atoms with Gasteiger partial charge in [-0.2, -0.15) is 0 Å². The van der Waals surface area contributed by atoms with Gasteiger partial charge in [0, 0.05) is 0 Å². The van der Waals surface area contributed by atoms with E-state index in [1.807, 2.05) is 0 Å². The summed E-state index contributed by atoms with van der Waals surface area (Å²) in [7, 11) is 1.73. The first kappa shape index (κ1) is 17.9. The largest absolute Gasteiger partial charge is 0.412 e. The van der Waals surface area contributed by atoms with E-state index in [9.17, 15) is 13.2 Å². The van der Waals surface area contributed by atoms with Gasteiger partial charge in [-0.05, 0) is 0 Å². The van der Waals surface area contributed by atoms with Crippen molar-refractivity contribution in [3.63, 3.8) is 0 Å². The van der Waals surface area contributed by atoms with Gasteiger partial charge in [0.2, 0.25) is 0 Å². The Morgan fingerprint density at radius 1 is 1.19 bits per heavy atom. The quantitative estimate of drug-likeness (QED) is 0.742. The zero-order valence-corrected chi connectivity index (χ0v) is 11.2. The van der Waals surface area contributed by atoms with Crippen LogP contribution in [-0.4, -0.2) is 45.8 Å². The van der Waals surface area contributed by atoms with Crippen molar-refractivity contribution in [3.8, 4) is 5.75 Å². The Balaban J connectivity index is 0. The van der Waals surface area contributed by atoms with E-state index in [1.54, 1.807) is 19.2 Å². The molecule has 8 heteroatoms. The van der Waals surface area contributed by atoms with Crippen molar-refractivity contribution in [2.45, 2.75) is 6.36 Å². The summed E-state index contributed by atoms with van der Waals surface area (Å²) < 4.78 is 43.3. The molecule has 0 aliphatic carbocycles. The molecule has 5 N–H and O–H groups in total. The van der Waals surface area contributed by atoms with Crippen molar-refractivity contribution in [3.05, 3.63) is 24.3 Å². The second-order valence-corrected chi connectivity index (χ2v) is 6.10. The van der Waals surface area contributed by atoms with Gasteiger partial charge in [0.25, 0.3) is 0 Å². The molecule has 4 nitrogen and oxygen atoms in total. The standard InChI is InChI=1S/C7H4F3O.CH4N.2H2O.Sn/c8-7(9,10)11-6-4-2-1-3-5-6;1-2;;;/h1-4H;2H,1H3;2*1H2;/q;-1;;;+1. The van der Waals surface area contributed by atoms with Crippen LogP contribution in [-0.2, 0) is 0 Å². The molecule has 0 aliphatic heterocycles. The summed E-state index contributed by atoms with van der Waals surface area (Å²) in [5, 5.41) is 0. The first-order valence-electron chi connectivity index (χ1n) is 3.80. The number of hydrogen-bond donors (Lipinski definition) is 1. The second-order valence-electron chi connectivity index (χ2n) is 2.42. The Morgan fingerprint density at radius 3 is 2.25 bits per heavy atom. The van der Waals surface area contributed by atoms with Crippen molar-refractivity contribution < 1.29 is 28.9 Å². The monoisotopic (exact) mass is 347 g/mol. The number of nitrogens with one attached hydrogen (secondary N) is 1. The molecule has 92 valence electrons. The van der Waals surface area contributed by atoms with Gasteiger partial charge in [-0.15, -0.1) is 0 Å². The van der Waals surface area contributed by atoms with Crippen molar-refractivity contribution in [2.75, 3.05) is 7.05 Å². The summed E-state index contributed by atoms with van der Waals surface area (Å²) in [6.45, 7) is 0. The molecular formula is C8H12F3NO3Sn. The first-order valence-corrected chi connectivity index (χ1v) is 6.66. The molecule has 0 amide bonds. The summed E-state index contributed by atoms with van der Waals surface area (Å²) in [6, 6.07) is 6.22. The molecule has 1 rings (SSSR count). The SMILES string of the molecule is C[NH][Sn][c]1ccccc1OC(F)(F)F.O.O. The number of para-hydroxylation sites is 1. The normalized spacial score (nSPS) is 10.0. The van der Waals surface area contributed by atoms with Gasteiger partial charge in [0.15, 0.2) is 0 Å². The van der Waals surface area contributed by atoms with Crippen molar-refractivity contribution in [1.82, 2.24) is 3.54 Å². The number of hydrogen-bond acceptors (Lipinski definition) is 2. The third kappa shape index (κ3) is 6.15. The molecule has 0 bridgehead atoms. The van der Waals surface area contributed by atoms with Crippen LogP contribution in [0.2, 0.25) is 0 Å². The fourth-order valence-electron chi connectivity index (χ4n) is 0.918. The molecule has 0 fully saturated rings. The van der Waals surface area contributed by atoms with Crippen LogP contribution in [0.4, 0.5) is 13.2 Å². The minimum Gasteiger partial charge on any atom is -0.412 e. The molecular weight excluding hydrogens is 334 g/mol. The molecule has 0 aromatic heterocycles. The number of alkyl halides is 3. The predicted octanol–water partition coefficient (Wildman–Crippen LogP) is -0.600. The summed E-state index contributed by atoms with van der Waals surface area (Å²) in [6.07, 6.45) is -4.61. The zero-order chi connectivity index (χ0) is 10.6. The maximum atomic E-state index is 11.9. The molecule has 0 saturated carbocycles. The summed E-state index contributed by atoms with van der Waals surface area (Å²) in [5.74, 6) is -0.0825. The topological polar surface area (TPSA) is 84.3 Å². The Hall–Kier alpha value is -0.511. The van der Waals surface area contributed by atoms with Crippen LogP contribution < -0.4 is 11.9 Å². The van der Waals surface area contributed by atoms with Crippen LogP contribution in [0.25, 0.3) is 0 Å². The molecule has 1 aromatic carbocycles. The molecule has 0 spiro atoms. The fraction of sp³-hybridized carbons (Fsp3) is 0.250. The van der Waals surface area contributed by atoms with E-state index >= 15 is 0 Å². The van der Waals surface area contributed by atoms with Gasteiger partial charge in [0.05, 0.1) is 0 Å². The zero-order valence-electron chi connectivity index (χ0n) is 8.35. The van der Waals surface area contributed by atoms with Gasteiger partial charge in [-0.3, -0.25) is 0 Å². The van der Waals surface area contributed by atoms with E-state index < -0.39 is 27.8 Å². The van der Waals surface area contributed by atoms with Gasteiger partial charge in [-0.1, -0.05) is 0 Å². The molecule has 1 aromatic rings. The fourth-order valence-corrected chi connectivity index (χ4v) is 2.93. The molecule has 0 unspecified atom stereocenters. The minimum absolute atomic E-state index is 0. The average molecular weight is 346 g/mol. The Kier molecular flexibility index (Phi) is 8.61. The first-order chi connectivity index (χ1) is 6.53. The molecule has 0 atom stereocenters. The number of benzene rings is 1. The van der Waals surface area contributed by atoms with E-state index in [0.717, 1.165) is 0 Å². The Morgan fingerprint density at radius 2 is 1.75 bits per heavy atom. The number of halogens is 3. The van der Waals surface area contributed by atoms with Crippen molar-refractivity contribution in [1.29, 1.82) is 0 Å². The molecule has 0 saturated heterocycles. The summed E-state index contributed by atoms with van der Waals surface area (Å²) in [5.41, 5.74) is 0.